The van der Waals surface area contributed by atoms with Crippen LogP contribution in [0.25, 0.3) is 0 Å². The lowest BCUT2D eigenvalue weighted by Crippen LogP contribution is -2.18. The van der Waals surface area contributed by atoms with Gasteiger partial charge in [0.15, 0.2) is 0 Å². The van der Waals surface area contributed by atoms with E-state index in [1.54, 1.807) is 0 Å². The first-order valence-corrected chi connectivity index (χ1v) is 6.94. The molecule has 1 atom stereocenters. The highest BCUT2D eigenvalue weighted by Gasteiger charge is 2.27. The summed E-state index contributed by atoms with van der Waals surface area (Å²) in [4.78, 5) is 0. The molecule has 1 aliphatic carbocycles. The largest absolute Gasteiger partial charge is 0.0613 e. The summed E-state index contributed by atoms with van der Waals surface area (Å²) in [7, 11) is 0. The third-order valence-corrected chi connectivity index (χ3v) is 4.19. The van der Waals surface area contributed by atoms with Crippen molar-refractivity contribution in [3.8, 4) is 0 Å². The van der Waals surface area contributed by atoms with E-state index in [4.69, 9.17) is 0 Å². The summed E-state index contributed by atoms with van der Waals surface area (Å²) in [5.74, 6) is 0.605. The van der Waals surface area contributed by atoms with Gasteiger partial charge < -0.3 is 0 Å². The molecule has 0 bridgehead atoms. The fourth-order valence-corrected chi connectivity index (χ4v) is 2.94. The molecule has 1 heteroatoms. The molecule has 0 nitrogen and oxygen atoms in total. The maximum atomic E-state index is 3.55. The van der Waals surface area contributed by atoms with Gasteiger partial charge >= 0.3 is 0 Å². The van der Waals surface area contributed by atoms with Gasteiger partial charge in [0.2, 0.25) is 0 Å². The van der Waals surface area contributed by atoms with E-state index in [-0.39, 0.29) is 0 Å². The van der Waals surface area contributed by atoms with Crippen molar-refractivity contribution in [1.29, 1.82) is 0 Å². The second-order valence-corrected chi connectivity index (χ2v) is 5.61. The Balaban J connectivity index is 1.92. The molecule has 1 aliphatic rings. The summed E-state index contributed by atoms with van der Waals surface area (Å²) in [6.07, 6.45) is 2.31. The third kappa shape index (κ3) is 1.93. The van der Waals surface area contributed by atoms with E-state index in [0.29, 0.717) is 5.92 Å². The van der Waals surface area contributed by atoms with Gasteiger partial charge in [-0.25, -0.2) is 0 Å². The second-order valence-electron chi connectivity index (χ2n) is 4.69. The molecule has 2 aromatic rings. The number of benzene rings is 2. The van der Waals surface area contributed by atoms with Gasteiger partial charge in [-0.3, -0.25) is 0 Å². The van der Waals surface area contributed by atoms with Crippen LogP contribution in [0.15, 0.2) is 46.9 Å². The quantitative estimate of drug-likeness (QED) is 0.751. The maximum absolute atomic E-state index is 3.55. The number of rotatable bonds is 2. The van der Waals surface area contributed by atoms with Crippen LogP contribution in [-0.2, 0) is 12.8 Å². The molecular weight excluding hydrogens is 272 g/mol. The smallest absolute Gasteiger partial charge is 0.0178 e. The summed E-state index contributed by atoms with van der Waals surface area (Å²) < 4.78 is 1.19. The monoisotopic (exact) mass is 286 g/mol. The van der Waals surface area contributed by atoms with Crippen molar-refractivity contribution in [2.45, 2.75) is 25.7 Å². The molecule has 86 valence electrons. The maximum Gasteiger partial charge on any atom is 0.0178 e. The summed E-state index contributed by atoms with van der Waals surface area (Å²) >= 11 is 3.55. The van der Waals surface area contributed by atoms with Crippen LogP contribution < -0.4 is 0 Å². The molecule has 3 rings (SSSR count). The van der Waals surface area contributed by atoms with Gasteiger partial charge in [-0.05, 0) is 47.2 Å². The minimum Gasteiger partial charge on any atom is -0.0613 e. The highest BCUT2D eigenvalue weighted by Crippen LogP contribution is 2.41. The lowest BCUT2D eigenvalue weighted by molar-refractivity contribution is 0.706. The van der Waals surface area contributed by atoms with E-state index in [9.17, 15) is 0 Å². The third-order valence-electron chi connectivity index (χ3n) is 3.70. The van der Waals surface area contributed by atoms with Crippen molar-refractivity contribution in [2.75, 3.05) is 0 Å². The number of hydrogen-bond acceptors (Lipinski definition) is 0. The first-order valence-electron chi connectivity index (χ1n) is 6.15. The van der Waals surface area contributed by atoms with Gasteiger partial charge in [-0.15, -0.1) is 0 Å². The molecular formula is C16H15Br. The molecule has 0 amide bonds. The SMILES string of the molecule is CCc1ccc(C2Cc3ccc(Br)cc32)cc1. The van der Waals surface area contributed by atoms with E-state index >= 15 is 0 Å². The van der Waals surface area contributed by atoms with Crippen LogP contribution in [0.4, 0.5) is 0 Å². The average molecular weight is 287 g/mol. The Kier molecular flexibility index (Phi) is 2.79. The summed E-state index contributed by atoms with van der Waals surface area (Å²) in [6.45, 7) is 2.20. The molecule has 0 N–H and O–H groups in total. The Morgan fingerprint density at radius 1 is 1.12 bits per heavy atom. The number of aryl methyl sites for hydroxylation is 1. The van der Waals surface area contributed by atoms with E-state index in [1.165, 1.54) is 33.1 Å². The molecule has 0 aliphatic heterocycles. The van der Waals surface area contributed by atoms with Crippen molar-refractivity contribution in [2.24, 2.45) is 0 Å². The zero-order valence-electron chi connectivity index (χ0n) is 9.91. The lowest BCUT2D eigenvalue weighted by Gasteiger charge is -2.31. The van der Waals surface area contributed by atoms with E-state index in [1.807, 2.05) is 0 Å². The Labute approximate surface area is 111 Å². The summed E-state index contributed by atoms with van der Waals surface area (Å²) in [5.41, 5.74) is 5.86. The first kappa shape index (κ1) is 11.0. The minimum atomic E-state index is 0.605. The molecule has 0 saturated heterocycles. The normalized spacial score (nSPS) is 17.4. The number of fused-ring (bicyclic) bond motifs is 1. The number of halogens is 1. The highest BCUT2D eigenvalue weighted by atomic mass is 79.9. The molecule has 0 heterocycles. The standard InChI is InChI=1S/C16H15Br/c1-2-11-3-5-12(6-4-11)15-9-13-7-8-14(17)10-16(13)15/h3-8,10,15H,2,9H2,1H3. The Morgan fingerprint density at radius 2 is 1.88 bits per heavy atom. The average Bonchev–Trinajstić information content (AvgIpc) is 2.34. The Hall–Kier alpha value is -1.08. The van der Waals surface area contributed by atoms with Crippen molar-refractivity contribution >= 4 is 15.9 Å². The van der Waals surface area contributed by atoms with Crippen molar-refractivity contribution in [3.05, 3.63) is 69.2 Å². The molecule has 0 saturated carbocycles. The Morgan fingerprint density at radius 3 is 2.59 bits per heavy atom. The molecule has 2 aromatic carbocycles. The van der Waals surface area contributed by atoms with Crippen LogP contribution in [0.2, 0.25) is 0 Å². The van der Waals surface area contributed by atoms with Crippen LogP contribution in [-0.4, -0.2) is 0 Å². The van der Waals surface area contributed by atoms with Crippen LogP contribution in [0.3, 0.4) is 0 Å². The molecule has 17 heavy (non-hydrogen) atoms. The van der Waals surface area contributed by atoms with E-state index in [0.717, 1.165) is 6.42 Å². The van der Waals surface area contributed by atoms with Crippen LogP contribution >= 0.6 is 15.9 Å². The predicted octanol–water partition coefficient (Wildman–Crippen LogP) is 4.70. The van der Waals surface area contributed by atoms with Crippen LogP contribution in [0, 0.1) is 0 Å². The van der Waals surface area contributed by atoms with Crippen LogP contribution in [0.1, 0.15) is 35.1 Å². The van der Waals surface area contributed by atoms with Gasteiger partial charge in [-0.1, -0.05) is 53.2 Å². The second kappa shape index (κ2) is 4.30. The fraction of sp³-hybridized carbons (Fsp3) is 0.250. The molecule has 0 fully saturated rings. The van der Waals surface area contributed by atoms with Gasteiger partial charge in [0.1, 0.15) is 0 Å². The molecule has 0 spiro atoms. The molecule has 0 aromatic heterocycles. The van der Waals surface area contributed by atoms with Gasteiger partial charge in [-0.2, -0.15) is 0 Å². The zero-order chi connectivity index (χ0) is 11.8. The van der Waals surface area contributed by atoms with E-state index < -0.39 is 0 Å². The zero-order valence-corrected chi connectivity index (χ0v) is 11.5. The Bertz CT molecular complexity index is 540. The molecule has 0 radical (unpaired) electrons. The van der Waals surface area contributed by atoms with Crippen molar-refractivity contribution < 1.29 is 0 Å². The topological polar surface area (TPSA) is 0 Å². The van der Waals surface area contributed by atoms with Crippen molar-refractivity contribution in [3.63, 3.8) is 0 Å². The van der Waals surface area contributed by atoms with Gasteiger partial charge in [0.25, 0.3) is 0 Å². The van der Waals surface area contributed by atoms with Gasteiger partial charge in [0, 0.05) is 10.4 Å². The summed E-state index contributed by atoms with van der Waals surface area (Å²) in [6, 6.07) is 15.7. The lowest BCUT2D eigenvalue weighted by atomic mass is 9.74. The van der Waals surface area contributed by atoms with Gasteiger partial charge in [0.05, 0.1) is 0 Å². The van der Waals surface area contributed by atoms with E-state index in [2.05, 4.69) is 65.3 Å². The first-order chi connectivity index (χ1) is 8.28. The predicted molar refractivity (Wildman–Crippen MR) is 75.5 cm³/mol. The fourth-order valence-electron chi connectivity index (χ4n) is 2.56. The summed E-state index contributed by atoms with van der Waals surface area (Å²) in [5, 5.41) is 0. The number of hydrogen-bond donors (Lipinski definition) is 0. The minimum absolute atomic E-state index is 0.605. The van der Waals surface area contributed by atoms with Crippen LogP contribution in [0.5, 0.6) is 0 Å². The highest BCUT2D eigenvalue weighted by molar-refractivity contribution is 9.10. The van der Waals surface area contributed by atoms with Crippen molar-refractivity contribution in [1.82, 2.24) is 0 Å². The molecule has 1 unspecified atom stereocenters.